The van der Waals surface area contributed by atoms with Gasteiger partial charge in [0.1, 0.15) is 5.82 Å². The Bertz CT molecular complexity index is 549. The van der Waals surface area contributed by atoms with Crippen LogP contribution in [-0.4, -0.2) is 36.5 Å². The van der Waals surface area contributed by atoms with E-state index in [1.165, 1.54) is 26.0 Å². The SMILES string of the molecule is CCN(CC(C)(C)O)S(=O)(=O)c1ccc(C)c(F)c1. The summed E-state index contributed by atoms with van der Waals surface area (Å²) in [5, 5.41) is 9.75. The molecule has 0 amide bonds. The lowest BCUT2D eigenvalue weighted by Gasteiger charge is -2.27. The van der Waals surface area contributed by atoms with Gasteiger partial charge in [0.15, 0.2) is 0 Å². The molecule has 0 atom stereocenters. The molecule has 0 saturated heterocycles. The highest BCUT2D eigenvalue weighted by Crippen LogP contribution is 2.20. The lowest BCUT2D eigenvalue weighted by molar-refractivity contribution is 0.0601. The topological polar surface area (TPSA) is 57.6 Å². The van der Waals surface area contributed by atoms with Crippen LogP contribution in [0.5, 0.6) is 0 Å². The maximum Gasteiger partial charge on any atom is 0.243 e. The molecule has 0 heterocycles. The van der Waals surface area contributed by atoms with Crippen molar-refractivity contribution in [2.24, 2.45) is 0 Å². The average molecular weight is 289 g/mol. The van der Waals surface area contributed by atoms with E-state index in [0.717, 1.165) is 10.4 Å². The number of halogens is 1. The maximum absolute atomic E-state index is 13.5. The Morgan fingerprint density at radius 2 is 1.95 bits per heavy atom. The molecule has 0 aliphatic heterocycles. The summed E-state index contributed by atoms with van der Waals surface area (Å²) >= 11 is 0. The highest BCUT2D eigenvalue weighted by Gasteiger charge is 2.28. The van der Waals surface area contributed by atoms with Crippen molar-refractivity contribution in [3.8, 4) is 0 Å². The van der Waals surface area contributed by atoms with Crippen LogP contribution in [0.1, 0.15) is 26.3 Å². The van der Waals surface area contributed by atoms with Crippen LogP contribution in [-0.2, 0) is 10.0 Å². The Hall–Kier alpha value is -0.980. The van der Waals surface area contributed by atoms with Gasteiger partial charge in [0.25, 0.3) is 0 Å². The molecular formula is C13H20FNO3S. The van der Waals surface area contributed by atoms with E-state index in [0.29, 0.717) is 5.56 Å². The largest absolute Gasteiger partial charge is 0.389 e. The normalized spacial score (nSPS) is 13.0. The van der Waals surface area contributed by atoms with Crippen molar-refractivity contribution >= 4 is 10.0 Å². The first kappa shape index (κ1) is 16.1. The van der Waals surface area contributed by atoms with Crippen molar-refractivity contribution in [3.05, 3.63) is 29.6 Å². The number of nitrogens with zero attached hydrogens (tertiary/aromatic N) is 1. The quantitative estimate of drug-likeness (QED) is 0.901. The van der Waals surface area contributed by atoms with Crippen molar-refractivity contribution in [3.63, 3.8) is 0 Å². The van der Waals surface area contributed by atoms with Crippen LogP contribution in [0.15, 0.2) is 23.1 Å². The van der Waals surface area contributed by atoms with Gasteiger partial charge in [-0.25, -0.2) is 12.8 Å². The molecule has 0 bridgehead atoms. The number of aryl methyl sites for hydroxylation is 1. The molecule has 1 rings (SSSR count). The summed E-state index contributed by atoms with van der Waals surface area (Å²) in [5.41, 5.74) is -0.753. The molecule has 0 aromatic heterocycles. The molecule has 6 heteroatoms. The van der Waals surface area contributed by atoms with Crippen LogP contribution >= 0.6 is 0 Å². The zero-order chi connectivity index (χ0) is 14.8. The van der Waals surface area contributed by atoms with Gasteiger partial charge in [0, 0.05) is 13.1 Å². The molecule has 1 aromatic rings. The molecule has 0 radical (unpaired) electrons. The number of likely N-dealkylation sites (N-methyl/N-ethyl adjacent to an activating group) is 1. The van der Waals surface area contributed by atoms with E-state index in [4.69, 9.17) is 0 Å². The highest BCUT2D eigenvalue weighted by molar-refractivity contribution is 7.89. The van der Waals surface area contributed by atoms with Crippen LogP contribution < -0.4 is 0 Å². The summed E-state index contributed by atoms with van der Waals surface area (Å²) in [6, 6.07) is 3.82. The average Bonchev–Trinajstić information content (AvgIpc) is 2.28. The first-order valence-electron chi connectivity index (χ1n) is 6.06. The molecule has 4 nitrogen and oxygen atoms in total. The van der Waals surface area contributed by atoms with Crippen LogP contribution in [0, 0.1) is 12.7 Å². The Morgan fingerprint density at radius 1 is 1.37 bits per heavy atom. The standard InChI is InChI=1S/C13H20FNO3S/c1-5-15(9-13(3,4)16)19(17,18)11-7-6-10(2)12(14)8-11/h6-8,16H,5,9H2,1-4H3. The van der Waals surface area contributed by atoms with E-state index in [1.807, 2.05) is 0 Å². The number of aliphatic hydroxyl groups is 1. The summed E-state index contributed by atoms with van der Waals surface area (Å²) in [4.78, 5) is -0.0956. The Kier molecular flexibility index (Phi) is 4.71. The zero-order valence-corrected chi connectivity index (χ0v) is 12.5. The maximum atomic E-state index is 13.5. The molecule has 1 N–H and O–H groups in total. The minimum Gasteiger partial charge on any atom is -0.389 e. The molecule has 19 heavy (non-hydrogen) atoms. The van der Waals surface area contributed by atoms with Crippen LogP contribution in [0.4, 0.5) is 4.39 Å². The van der Waals surface area contributed by atoms with Gasteiger partial charge in [0.2, 0.25) is 10.0 Å². The van der Waals surface area contributed by atoms with Gasteiger partial charge in [-0.15, -0.1) is 0 Å². The number of benzene rings is 1. The van der Waals surface area contributed by atoms with Gasteiger partial charge in [-0.3, -0.25) is 0 Å². The van der Waals surface area contributed by atoms with E-state index in [1.54, 1.807) is 13.8 Å². The van der Waals surface area contributed by atoms with E-state index < -0.39 is 21.4 Å². The second-order valence-electron chi connectivity index (χ2n) is 5.15. The summed E-state index contributed by atoms with van der Waals surface area (Å²) < 4.78 is 39.3. The molecule has 0 aliphatic rings. The van der Waals surface area contributed by atoms with E-state index in [-0.39, 0.29) is 18.0 Å². The highest BCUT2D eigenvalue weighted by atomic mass is 32.2. The summed E-state index contributed by atoms with van der Waals surface area (Å²) in [5.74, 6) is -0.555. The van der Waals surface area contributed by atoms with Crippen LogP contribution in [0.3, 0.4) is 0 Å². The summed E-state index contributed by atoms with van der Waals surface area (Å²) in [6.45, 7) is 6.47. The summed E-state index contributed by atoms with van der Waals surface area (Å²) in [6.07, 6.45) is 0. The van der Waals surface area contributed by atoms with Gasteiger partial charge >= 0.3 is 0 Å². The molecule has 0 fully saturated rings. The molecule has 108 valence electrons. The van der Waals surface area contributed by atoms with Gasteiger partial charge < -0.3 is 5.11 Å². The molecular weight excluding hydrogens is 269 g/mol. The van der Waals surface area contributed by atoms with Crippen molar-refractivity contribution in [2.75, 3.05) is 13.1 Å². The van der Waals surface area contributed by atoms with Crippen molar-refractivity contribution < 1.29 is 17.9 Å². The Labute approximate surface area is 113 Å². The number of hydrogen-bond acceptors (Lipinski definition) is 3. The van der Waals surface area contributed by atoms with Crippen molar-refractivity contribution in [1.82, 2.24) is 4.31 Å². The first-order valence-corrected chi connectivity index (χ1v) is 7.50. The van der Waals surface area contributed by atoms with Crippen molar-refractivity contribution in [1.29, 1.82) is 0 Å². The van der Waals surface area contributed by atoms with Crippen molar-refractivity contribution in [2.45, 2.75) is 38.2 Å². The number of rotatable bonds is 5. The van der Waals surface area contributed by atoms with Gasteiger partial charge in [-0.2, -0.15) is 4.31 Å². The van der Waals surface area contributed by atoms with E-state index >= 15 is 0 Å². The van der Waals surface area contributed by atoms with Gasteiger partial charge in [0.05, 0.1) is 10.5 Å². The minimum atomic E-state index is -3.79. The fraction of sp³-hybridized carbons (Fsp3) is 0.538. The Balaban J connectivity index is 3.17. The second kappa shape index (κ2) is 5.56. The van der Waals surface area contributed by atoms with Crippen LogP contribution in [0.25, 0.3) is 0 Å². The third-order valence-corrected chi connectivity index (χ3v) is 4.61. The molecule has 0 aliphatic carbocycles. The number of hydrogen-bond donors (Lipinski definition) is 1. The summed E-state index contributed by atoms with van der Waals surface area (Å²) in [7, 11) is -3.79. The molecule has 0 saturated carbocycles. The van der Waals surface area contributed by atoms with Crippen LogP contribution in [0.2, 0.25) is 0 Å². The smallest absolute Gasteiger partial charge is 0.243 e. The molecule has 0 unspecified atom stereocenters. The predicted molar refractivity (Wildman–Crippen MR) is 71.9 cm³/mol. The zero-order valence-electron chi connectivity index (χ0n) is 11.6. The lowest BCUT2D eigenvalue weighted by atomic mass is 10.1. The predicted octanol–water partition coefficient (Wildman–Crippen LogP) is 1.92. The second-order valence-corrected chi connectivity index (χ2v) is 7.09. The monoisotopic (exact) mass is 289 g/mol. The van der Waals surface area contributed by atoms with E-state index in [2.05, 4.69) is 0 Å². The first-order chi connectivity index (χ1) is 8.58. The third-order valence-electron chi connectivity index (χ3n) is 2.70. The van der Waals surface area contributed by atoms with Gasteiger partial charge in [-0.05, 0) is 38.5 Å². The van der Waals surface area contributed by atoms with E-state index in [9.17, 15) is 17.9 Å². The minimum absolute atomic E-state index is 0.0403. The Morgan fingerprint density at radius 3 is 2.37 bits per heavy atom. The van der Waals surface area contributed by atoms with Gasteiger partial charge in [-0.1, -0.05) is 13.0 Å². The fourth-order valence-electron chi connectivity index (χ4n) is 1.68. The molecule has 1 aromatic carbocycles. The lowest BCUT2D eigenvalue weighted by Crippen LogP contribution is -2.42. The molecule has 0 spiro atoms. The fourth-order valence-corrected chi connectivity index (χ4v) is 3.30. The third kappa shape index (κ3) is 3.99. The number of sulfonamides is 1.